The molecule has 126 valence electrons. The molecule has 0 saturated heterocycles. The summed E-state index contributed by atoms with van der Waals surface area (Å²) >= 11 is 0. The largest absolute Gasteiger partial charge is 0.493 e. The first-order valence-electron chi connectivity index (χ1n) is 8.71. The highest BCUT2D eigenvalue weighted by atomic mass is 16.5. The molecule has 1 amide bonds. The van der Waals surface area contributed by atoms with Gasteiger partial charge in [0.05, 0.1) is 13.0 Å². The molecule has 1 fully saturated rings. The van der Waals surface area contributed by atoms with Gasteiger partial charge in [0.15, 0.2) is 0 Å². The maximum absolute atomic E-state index is 12.1. The van der Waals surface area contributed by atoms with Crippen molar-refractivity contribution >= 4 is 11.6 Å². The molecule has 1 aromatic heterocycles. The molecule has 1 heterocycles. The number of rotatable bonds is 6. The van der Waals surface area contributed by atoms with Crippen molar-refractivity contribution in [3.8, 4) is 5.75 Å². The number of nitrogens with one attached hydrogen (secondary N) is 1. The van der Waals surface area contributed by atoms with Crippen molar-refractivity contribution in [1.82, 2.24) is 4.98 Å². The van der Waals surface area contributed by atoms with Crippen LogP contribution in [0.1, 0.15) is 37.7 Å². The van der Waals surface area contributed by atoms with Crippen LogP contribution in [-0.4, -0.2) is 17.5 Å². The number of ether oxygens (including phenoxy) is 1. The maximum Gasteiger partial charge on any atom is 0.228 e. The standard InChI is InChI=1S/C20H24N2O2/c23-20(22-18-9-11-21-12-10-18)14-17-7-4-8-19(13-17)24-15-16-5-2-1-3-6-16/h4,7-13,16H,1-3,5-6,14-15H2,(H,21,22,23). The van der Waals surface area contributed by atoms with Gasteiger partial charge in [0.1, 0.15) is 5.75 Å². The first-order chi connectivity index (χ1) is 11.8. The number of benzene rings is 1. The van der Waals surface area contributed by atoms with E-state index in [0.29, 0.717) is 12.3 Å². The second-order valence-corrected chi connectivity index (χ2v) is 6.42. The Morgan fingerprint density at radius 3 is 2.71 bits per heavy atom. The third kappa shape index (κ3) is 5.08. The molecule has 0 aliphatic heterocycles. The molecule has 0 bridgehead atoms. The van der Waals surface area contributed by atoms with Crippen LogP contribution in [0.15, 0.2) is 48.8 Å². The molecule has 4 nitrogen and oxygen atoms in total. The molecule has 1 aliphatic rings. The van der Waals surface area contributed by atoms with Gasteiger partial charge >= 0.3 is 0 Å². The number of hydrogen-bond acceptors (Lipinski definition) is 3. The Labute approximate surface area is 143 Å². The molecule has 1 saturated carbocycles. The van der Waals surface area contributed by atoms with Crippen molar-refractivity contribution in [2.24, 2.45) is 5.92 Å². The lowest BCUT2D eigenvalue weighted by atomic mass is 9.90. The highest BCUT2D eigenvalue weighted by molar-refractivity contribution is 5.92. The van der Waals surface area contributed by atoms with E-state index in [4.69, 9.17) is 4.74 Å². The second kappa shape index (κ2) is 8.48. The van der Waals surface area contributed by atoms with E-state index < -0.39 is 0 Å². The van der Waals surface area contributed by atoms with Gasteiger partial charge in [-0.15, -0.1) is 0 Å². The first kappa shape index (κ1) is 16.5. The van der Waals surface area contributed by atoms with E-state index in [0.717, 1.165) is 23.6 Å². The lowest BCUT2D eigenvalue weighted by molar-refractivity contribution is -0.115. The van der Waals surface area contributed by atoms with Crippen LogP contribution in [0.3, 0.4) is 0 Å². The van der Waals surface area contributed by atoms with Gasteiger partial charge in [0.25, 0.3) is 0 Å². The van der Waals surface area contributed by atoms with Crippen molar-refractivity contribution in [2.75, 3.05) is 11.9 Å². The summed E-state index contributed by atoms with van der Waals surface area (Å²) in [5, 5.41) is 2.87. The fraction of sp³-hybridized carbons (Fsp3) is 0.400. The summed E-state index contributed by atoms with van der Waals surface area (Å²) < 4.78 is 5.95. The Hall–Kier alpha value is -2.36. The maximum atomic E-state index is 12.1. The lowest BCUT2D eigenvalue weighted by Gasteiger charge is -2.21. The molecule has 2 aromatic rings. The number of pyridine rings is 1. The van der Waals surface area contributed by atoms with Crippen molar-refractivity contribution in [3.05, 3.63) is 54.4 Å². The van der Waals surface area contributed by atoms with Crippen LogP contribution < -0.4 is 10.1 Å². The first-order valence-corrected chi connectivity index (χ1v) is 8.71. The van der Waals surface area contributed by atoms with E-state index in [1.807, 2.05) is 24.3 Å². The molecule has 24 heavy (non-hydrogen) atoms. The van der Waals surface area contributed by atoms with E-state index in [2.05, 4.69) is 10.3 Å². The number of anilines is 1. The Morgan fingerprint density at radius 2 is 1.92 bits per heavy atom. The summed E-state index contributed by atoms with van der Waals surface area (Å²) in [5.74, 6) is 1.50. The Bertz CT molecular complexity index is 652. The van der Waals surface area contributed by atoms with Crippen LogP contribution in [0.2, 0.25) is 0 Å². The smallest absolute Gasteiger partial charge is 0.228 e. The van der Waals surface area contributed by atoms with E-state index in [1.54, 1.807) is 24.5 Å². The average molecular weight is 324 g/mol. The summed E-state index contributed by atoms with van der Waals surface area (Å²) in [6, 6.07) is 11.4. The average Bonchev–Trinajstić information content (AvgIpc) is 2.62. The number of nitrogens with zero attached hydrogens (tertiary/aromatic N) is 1. The number of aromatic nitrogens is 1. The molecule has 1 N–H and O–H groups in total. The molecule has 0 unspecified atom stereocenters. The predicted molar refractivity (Wildman–Crippen MR) is 95.1 cm³/mol. The molecule has 3 rings (SSSR count). The van der Waals surface area contributed by atoms with Crippen molar-refractivity contribution in [3.63, 3.8) is 0 Å². The zero-order valence-corrected chi connectivity index (χ0v) is 13.9. The molecule has 4 heteroatoms. The van der Waals surface area contributed by atoms with Gasteiger partial charge in [-0.3, -0.25) is 9.78 Å². The predicted octanol–water partition coefficient (Wildman–Crippen LogP) is 4.22. The van der Waals surface area contributed by atoms with Crippen LogP contribution >= 0.6 is 0 Å². The van der Waals surface area contributed by atoms with Crippen molar-refractivity contribution in [2.45, 2.75) is 38.5 Å². The molecule has 1 aliphatic carbocycles. The zero-order chi connectivity index (χ0) is 16.6. The van der Waals surface area contributed by atoms with E-state index >= 15 is 0 Å². The molecule has 0 spiro atoms. The molecule has 0 radical (unpaired) electrons. The summed E-state index contributed by atoms with van der Waals surface area (Å²) in [6.45, 7) is 0.784. The van der Waals surface area contributed by atoms with Gasteiger partial charge in [0.2, 0.25) is 5.91 Å². The molecule has 0 atom stereocenters. The third-order valence-corrected chi connectivity index (χ3v) is 4.44. The van der Waals surface area contributed by atoms with Gasteiger partial charge < -0.3 is 10.1 Å². The summed E-state index contributed by atoms with van der Waals surface area (Å²) in [6.07, 6.45) is 10.2. The van der Waals surface area contributed by atoms with Crippen molar-refractivity contribution < 1.29 is 9.53 Å². The quantitative estimate of drug-likeness (QED) is 0.865. The number of carbonyl (C=O) groups is 1. The van der Waals surface area contributed by atoms with Gasteiger partial charge in [-0.25, -0.2) is 0 Å². The normalized spacial score (nSPS) is 15.0. The fourth-order valence-corrected chi connectivity index (χ4v) is 3.14. The number of carbonyl (C=O) groups excluding carboxylic acids is 1. The van der Waals surface area contributed by atoms with E-state index in [1.165, 1.54) is 32.1 Å². The van der Waals surface area contributed by atoms with Gasteiger partial charge in [-0.2, -0.15) is 0 Å². The summed E-state index contributed by atoms with van der Waals surface area (Å²) in [7, 11) is 0. The Kier molecular flexibility index (Phi) is 5.83. The van der Waals surface area contributed by atoms with E-state index in [9.17, 15) is 4.79 Å². The highest BCUT2D eigenvalue weighted by Gasteiger charge is 2.14. The van der Waals surface area contributed by atoms with Crippen LogP contribution in [-0.2, 0) is 11.2 Å². The van der Waals surface area contributed by atoms with Crippen LogP contribution in [0.25, 0.3) is 0 Å². The molecular formula is C20H24N2O2. The molecular weight excluding hydrogens is 300 g/mol. The fourth-order valence-electron chi connectivity index (χ4n) is 3.14. The molecule has 1 aromatic carbocycles. The van der Waals surface area contributed by atoms with Gasteiger partial charge in [-0.1, -0.05) is 31.4 Å². The lowest BCUT2D eigenvalue weighted by Crippen LogP contribution is -2.16. The zero-order valence-electron chi connectivity index (χ0n) is 13.9. The highest BCUT2D eigenvalue weighted by Crippen LogP contribution is 2.25. The number of hydrogen-bond donors (Lipinski definition) is 1. The van der Waals surface area contributed by atoms with E-state index in [-0.39, 0.29) is 5.91 Å². The minimum absolute atomic E-state index is 0.0365. The Balaban J connectivity index is 1.51. The SMILES string of the molecule is O=C(Cc1cccc(OCC2CCCCC2)c1)Nc1ccncc1. The minimum atomic E-state index is -0.0365. The van der Waals surface area contributed by atoms with Crippen molar-refractivity contribution in [1.29, 1.82) is 0 Å². The van der Waals surface area contributed by atoms with Crippen LogP contribution in [0.4, 0.5) is 5.69 Å². The van der Waals surface area contributed by atoms with Gasteiger partial charge in [0, 0.05) is 18.1 Å². The number of amides is 1. The minimum Gasteiger partial charge on any atom is -0.493 e. The topological polar surface area (TPSA) is 51.2 Å². The van der Waals surface area contributed by atoms with Crippen LogP contribution in [0.5, 0.6) is 5.75 Å². The monoisotopic (exact) mass is 324 g/mol. The third-order valence-electron chi connectivity index (χ3n) is 4.44. The second-order valence-electron chi connectivity index (χ2n) is 6.42. The van der Waals surface area contributed by atoms with Gasteiger partial charge in [-0.05, 0) is 48.6 Å². The summed E-state index contributed by atoms with van der Waals surface area (Å²) in [4.78, 5) is 16.1. The van der Waals surface area contributed by atoms with Crippen LogP contribution in [0, 0.1) is 5.92 Å². The summed E-state index contributed by atoms with van der Waals surface area (Å²) in [5.41, 5.74) is 1.72. The Morgan fingerprint density at radius 1 is 1.12 bits per heavy atom.